The Morgan fingerprint density at radius 1 is 1.18 bits per heavy atom. The molecule has 2 aromatic carbocycles. The Morgan fingerprint density at radius 3 is 2.73 bits per heavy atom. The molecule has 0 amide bonds. The van der Waals surface area contributed by atoms with Gasteiger partial charge in [-0.2, -0.15) is 0 Å². The van der Waals surface area contributed by atoms with Crippen LogP contribution in [0.4, 0.5) is 4.39 Å². The van der Waals surface area contributed by atoms with Crippen LogP contribution >= 0.6 is 23.4 Å². The van der Waals surface area contributed by atoms with Crippen LogP contribution < -0.4 is 4.72 Å². The van der Waals surface area contributed by atoms with E-state index in [9.17, 15) is 12.8 Å². The molecule has 116 valence electrons. The van der Waals surface area contributed by atoms with E-state index in [2.05, 4.69) is 4.72 Å². The quantitative estimate of drug-likeness (QED) is 0.903. The summed E-state index contributed by atoms with van der Waals surface area (Å²) >= 11 is 7.38. The predicted octanol–water partition coefficient (Wildman–Crippen LogP) is 3.99. The predicted molar refractivity (Wildman–Crippen MR) is 86.3 cm³/mol. The van der Waals surface area contributed by atoms with Gasteiger partial charge in [-0.25, -0.2) is 17.5 Å². The zero-order valence-corrected chi connectivity index (χ0v) is 13.8. The number of rotatable bonds is 3. The summed E-state index contributed by atoms with van der Waals surface area (Å²) in [5.74, 6) is 0.341. The first-order valence-corrected chi connectivity index (χ1v) is 9.52. The van der Waals surface area contributed by atoms with Gasteiger partial charge in [-0.3, -0.25) is 0 Å². The molecule has 1 atom stereocenters. The molecule has 1 aliphatic rings. The van der Waals surface area contributed by atoms with Crippen molar-refractivity contribution in [3.8, 4) is 0 Å². The Balaban J connectivity index is 1.95. The van der Waals surface area contributed by atoms with Gasteiger partial charge >= 0.3 is 0 Å². The van der Waals surface area contributed by atoms with E-state index in [1.54, 1.807) is 24.3 Å². The second-order valence-corrected chi connectivity index (χ2v) is 8.09. The van der Waals surface area contributed by atoms with Crippen molar-refractivity contribution in [2.75, 3.05) is 5.75 Å². The van der Waals surface area contributed by atoms with E-state index in [1.165, 1.54) is 30.0 Å². The van der Waals surface area contributed by atoms with Gasteiger partial charge in [0.25, 0.3) is 0 Å². The molecule has 0 spiro atoms. The van der Waals surface area contributed by atoms with Gasteiger partial charge in [-0.05, 0) is 35.9 Å². The molecule has 1 heterocycles. The van der Waals surface area contributed by atoms with Crippen molar-refractivity contribution in [1.82, 2.24) is 4.72 Å². The number of thioether (sulfide) groups is 1. The SMILES string of the molecule is O=S(=O)(N[C@@H]1CCSc2c(F)cccc21)c1ccccc1Cl. The number of hydrogen-bond donors (Lipinski definition) is 1. The topological polar surface area (TPSA) is 46.2 Å². The minimum atomic E-state index is -3.76. The third-order valence-corrected chi connectivity index (χ3v) is 6.58. The lowest BCUT2D eigenvalue weighted by Gasteiger charge is -2.26. The van der Waals surface area contributed by atoms with Gasteiger partial charge in [-0.1, -0.05) is 35.9 Å². The minimum absolute atomic E-state index is 0.0350. The fourth-order valence-corrected chi connectivity index (χ4v) is 5.33. The molecule has 0 fully saturated rings. The van der Waals surface area contributed by atoms with Crippen molar-refractivity contribution in [1.29, 1.82) is 0 Å². The Kier molecular flexibility index (Phi) is 4.45. The summed E-state index contributed by atoms with van der Waals surface area (Å²) in [7, 11) is -3.76. The van der Waals surface area contributed by atoms with Crippen molar-refractivity contribution in [3.63, 3.8) is 0 Å². The van der Waals surface area contributed by atoms with E-state index >= 15 is 0 Å². The fourth-order valence-electron chi connectivity index (χ4n) is 2.42. The average molecular weight is 358 g/mol. The fraction of sp³-hybridized carbons (Fsp3) is 0.200. The van der Waals surface area contributed by atoms with E-state index in [4.69, 9.17) is 11.6 Å². The lowest BCUT2D eigenvalue weighted by atomic mass is 10.0. The molecule has 1 N–H and O–H groups in total. The molecule has 22 heavy (non-hydrogen) atoms. The summed E-state index contributed by atoms with van der Waals surface area (Å²) in [5, 5.41) is 0.166. The highest BCUT2D eigenvalue weighted by molar-refractivity contribution is 7.99. The molecule has 0 saturated carbocycles. The maximum Gasteiger partial charge on any atom is 0.242 e. The number of halogens is 2. The highest BCUT2D eigenvalue weighted by Gasteiger charge is 2.28. The van der Waals surface area contributed by atoms with Crippen LogP contribution in [0.3, 0.4) is 0 Å². The number of hydrogen-bond acceptors (Lipinski definition) is 3. The lowest BCUT2D eigenvalue weighted by molar-refractivity contribution is 0.533. The van der Waals surface area contributed by atoms with Crippen LogP contribution in [0, 0.1) is 5.82 Å². The number of nitrogens with one attached hydrogen (secondary N) is 1. The van der Waals surface area contributed by atoms with Crippen LogP contribution in [0.15, 0.2) is 52.3 Å². The van der Waals surface area contributed by atoms with Crippen LogP contribution in [-0.4, -0.2) is 14.2 Å². The molecule has 7 heteroatoms. The van der Waals surface area contributed by atoms with Crippen LogP contribution in [0.5, 0.6) is 0 Å². The van der Waals surface area contributed by atoms with Gasteiger partial charge in [0.15, 0.2) is 0 Å². The molecule has 0 radical (unpaired) electrons. The van der Waals surface area contributed by atoms with E-state index < -0.39 is 16.1 Å². The highest BCUT2D eigenvalue weighted by Crippen LogP contribution is 2.38. The summed E-state index contributed by atoms with van der Waals surface area (Å²) in [4.78, 5) is 0.549. The van der Waals surface area contributed by atoms with Gasteiger partial charge in [0.05, 0.1) is 5.02 Å². The summed E-state index contributed by atoms with van der Waals surface area (Å²) in [6.07, 6.45) is 0.602. The minimum Gasteiger partial charge on any atom is -0.207 e. The molecule has 0 bridgehead atoms. The molecule has 1 aliphatic heterocycles. The Hall–Kier alpha value is -1.08. The van der Waals surface area contributed by atoms with E-state index in [1.807, 2.05) is 0 Å². The maximum atomic E-state index is 13.8. The molecular formula is C15H13ClFNO2S2. The van der Waals surface area contributed by atoms with Gasteiger partial charge in [0, 0.05) is 10.9 Å². The lowest BCUT2D eigenvalue weighted by Crippen LogP contribution is -2.31. The largest absolute Gasteiger partial charge is 0.242 e. The molecular weight excluding hydrogens is 345 g/mol. The zero-order valence-electron chi connectivity index (χ0n) is 11.4. The van der Waals surface area contributed by atoms with Crippen LogP contribution in [0.1, 0.15) is 18.0 Å². The van der Waals surface area contributed by atoms with Crippen LogP contribution in [0.25, 0.3) is 0 Å². The van der Waals surface area contributed by atoms with Gasteiger partial charge < -0.3 is 0 Å². The monoisotopic (exact) mass is 357 g/mol. The standard InChI is InChI=1S/C15H13ClFNO2S2/c16-11-5-1-2-7-14(11)22(19,20)18-13-8-9-21-15-10(13)4-3-6-12(15)17/h1-7,13,18H,8-9H2/t13-/m1/s1. The molecule has 0 saturated heterocycles. The maximum absolute atomic E-state index is 13.8. The van der Waals surface area contributed by atoms with E-state index in [0.717, 1.165) is 0 Å². The molecule has 3 nitrogen and oxygen atoms in total. The number of fused-ring (bicyclic) bond motifs is 1. The van der Waals surface area contributed by atoms with Crippen molar-refractivity contribution in [3.05, 3.63) is 58.9 Å². The number of benzene rings is 2. The van der Waals surface area contributed by atoms with Crippen molar-refractivity contribution in [2.45, 2.75) is 22.3 Å². The molecule has 0 unspecified atom stereocenters. The Morgan fingerprint density at radius 2 is 1.95 bits per heavy atom. The summed E-state index contributed by atoms with van der Waals surface area (Å²) in [6, 6.07) is 10.6. The smallest absolute Gasteiger partial charge is 0.207 e. The molecule has 0 aromatic heterocycles. The highest BCUT2D eigenvalue weighted by atomic mass is 35.5. The zero-order chi connectivity index (χ0) is 15.7. The summed E-state index contributed by atoms with van der Waals surface area (Å²) in [5.41, 5.74) is 0.673. The normalized spacial score (nSPS) is 18.0. The third-order valence-electron chi connectivity index (χ3n) is 3.45. The molecule has 3 rings (SSSR count). The second-order valence-electron chi connectivity index (χ2n) is 4.90. The van der Waals surface area contributed by atoms with Crippen molar-refractivity contribution < 1.29 is 12.8 Å². The molecule has 0 aliphatic carbocycles. The Labute approximate surface area is 137 Å². The first kappa shape index (κ1) is 15.8. The van der Waals surface area contributed by atoms with E-state index in [-0.39, 0.29) is 15.7 Å². The van der Waals surface area contributed by atoms with Crippen LogP contribution in [0.2, 0.25) is 5.02 Å². The van der Waals surface area contributed by atoms with Gasteiger partial charge in [0.1, 0.15) is 10.7 Å². The number of sulfonamides is 1. The van der Waals surface area contributed by atoms with E-state index in [0.29, 0.717) is 22.6 Å². The summed E-state index contributed by atoms with van der Waals surface area (Å²) in [6.45, 7) is 0. The Bertz CT molecular complexity index is 811. The van der Waals surface area contributed by atoms with Gasteiger partial charge in [-0.15, -0.1) is 11.8 Å². The first-order valence-electron chi connectivity index (χ1n) is 6.67. The van der Waals surface area contributed by atoms with Crippen molar-refractivity contribution >= 4 is 33.4 Å². The van der Waals surface area contributed by atoms with Crippen molar-refractivity contribution in [2.24, 2.45) is 0 Å². The van der Waals surface area contributed by atoms with Gasteiger partial charge in [0.2, 0.25) is 10.0 Å². The summed E-state index contributed by atoms with van der Waals surface area (Å²) < 4.78 is 41.5. The van der Waals surface area contributed by atoms with Crippen LogP contribution in [-0.2, 0) is 10.0 Å². The average Bonchev–Trinajstić information content (AvgIpc) is 2.48. The third kappa shape index (κ3) is 3.01. The molecule has 2 aromatic rings. The second kappa shape index (κ2) is 6.20. The first-order chi connectivity index (χ1) is 10.5.